The Labute approximate surface area is 134 Å². The number of aromatic nitrogens is 2. The smallest absolute Gasteiger partial charge is 0.142 e. The second kappa shape index (κ2) is 6.60. The van der Waals surface area contributed by atoms with Gasteiger partial charge in [0.25, 0.3) is 0 Å². The second-order valence-electron chi connectivity index (χ2n) is 6.13. The molecule has 0 N–H and O–H groups in total. The number of ether oxygens (including phenoxy) is 1. The minimum absolute atomic E-state index is 0.466. The average Bonchev–Trinajstić information content (AvgIpc) is 2.68. The number of halogens is 2. The number of hydrogen-bond acceptors (Lipinski definition) is 2. The molecule has 3 nitrogen and oxygen atoms in total. The van der Waals surface area contributed by atoms with E-state index in [4.69, 9.17) is 16.3 Å². The fourth-order valence-corrected chi connectivity index (χ4v) is 3.20. The Hall–Kier alpha value is -0.363. The molecule has 2 heterocycles. The van der Waals surface area contributed by atoms with E-state index in [0.29, 0.717) is 11.9 Å². The van der Waals surface area contributed by atoms with Crippen LogP contribution in [0.25, 0.3) is 11.0 Å². The van der Waals surface area contributed by atoms with E-state index >= 15 is 0 Å². The maximum Gasteiger partial charge on any atom is 0.142 e. The molecule has 0 aromatic carbocycles. The summed E-state index contributed by atoms with van der Waals surface area (Å²) in [6, 6.07) is 5.20. The minimum Gasteiger partial charge on any atom is -0.361 e. The summed E-state index contributed by atoms with van der Waals surface area (Å²) in [5, 5.41) is 2.53. The van der Waals surface area contributed by atoms with Gasteiger partial charge in [-0.3, -0.25) is 4.57 Å². The van der Waals surface area contributed by atoms with Crippen LogP contribution in [0.2, 0.25) is 30.8 Å². The molecule has 0 unspecified atom stereocenters. The van der Waals surface area contributed by atoms with Crippen molar-refractivity contribution in [1.82, 2.24) is 9.55 Å². The molecule has 0 amide bonds. The van der Waals surface area contributed by atoms with Gasteiger partial charge < -0.3 is 4.74 Å². The van der Waals surface area contributed by atoms with Crippen molar-refractivity contribution in [3.63, 3.8) is 0 Å². The van der Waals surface area contributed by atoms with Crippen LogP contribution < -0.4 is 0 Å². The molecule has 0 aliphatic heterocycles. The number of fused-ring (bicyclic) bond motifs is 1. The zero-order valence-electron chi connectivity index (χ0n) is 12.1. The monoisotopic (exact) mass is 374 g/mol. The lowest BCUT2D eigenvalue weighted by molar-refractivity contribution is 0.0900. The van der Waals surface area contributed by atoms with E-state index in [2.05, 4.69) is 46.6 Å². The molecule has 0 radical (unpaired) electrons. The van der Waals surface area contributed by atoms with Crippen LogP contribution in [0.1, 0.15) is 5.56 Å². The first kappa shape index (κ1) is 16.0. The lowest BCUT2D eigenvalue weighted by Gasteiger charge is -2.16. The van der Waals surface area contributed by atoms with Crippen LogP contribution in [0.5, 0.6) is 0 Å². The molecule has 2 aromatic heterocycles. The Morgan fingerprint density at radius 3 is 2.75 bits per heavy atom. The maximum absolute atomic E-state index is 6.27. The van der Waals surface area contributed by atoms with Crippen LogP contribution in [-0.4, -0.2) is 24.2 Å². The fraction of sp³-hybridized carbons (Fsp3) is 0.500. The molecule has 0 fully saturated rings. The zero-order chi connectivity index (χ0) is 14.8. The quantitative estimate of drug-likeness (QED) is 0.408. The molecule has 6 heteroatoms. The summed E-state index contributed by atoms with van der Waals surface area (Å²) < 4.78 is 7.68. The molecule has 0 aliphatic rings. The lowest BCUT2D eigenvalue weighted by Crippen LogP contribution is -2.22. The molecule has 0 saturated heterocycles. The maximum atomic E-state index is 6.27. The third-order valence-electron chi connectivity index (χ3n) is 3.11. The predicted octanol–water partition coefficient (Wildman–Crippen LogP) is 4.90. The first-order chi connectivity index (χ1) is 9.40. The topological polar surface area (TPSA) is 27.1 Å². The lowest BCUT2D eigenvalue weighted by atomic mass is 10.2. The van der Waals surface area contributed by atoms with E-state index in [0.717, 1.165) is 34.6 Å². The van der Waals surface area contributed by atoms with Crippen molar-refractivity contribution in [2.45, 2.75) is 37.7 Å². The third-order valence-corrected chi connectivity index (χ3v) is 5.78. The van der Waals surface area contributed by atoms with Crippen LogP contribution in [0.4, 0.5) is 0 Å². The molecule has 0 atom stereocenters. The standard InChI is InChI=1S/C14H20BrClN2OSi/c1-20(2,3)5-4-19-10-18-13(16)7-12-6-11(8-15)9-17-14(12)18/h6-7,9H,4-5,8,10H2,1-3H3. The molecule has 2 rings (SSSR count). The summed E-state index contributed by atoms with van der Waals surface area (Å²) in [6.45, 7) is 8.28. The molecule has 110 valence electrons. The van der Waals surface area contributed by atoms with Gasteiger partial charge in [0.2, 0.25) is 0 Å². The van der Waals surface area contributed by atoms with E-state index in [9.17, 15) is 0 Å². The predicted molar refractivity (Wildman–Crippen MR) is 91.5 cm³/mol. The first-order valence-electron chi connectivity index (χ1n) is 6.68. The van der Waals surface area contributed by atoms with Crippen molar-refractivity contribution in [3.05, 3.63) is 29.0 Å². The summed E-state index contributed by atoms with van der Waals surface area (Å²) in [5.41, 5.74) is 2.03. The Morgan fingerprint density at radius 2 is 2.10 bits per heavy atom. The SMILES string of the molecule is C[Si](C)(C)CCOCn1c(Cl)cc2cc(CBr)cnc21. The van der Waals surface area contributed by atoms with Crippen molar-refractivity contribution < 1.29 is 4.74 Å². The molecule has 20 heavy (non-hydrogen) atoms. The van der Waals surface area contributed by atoms with Gasteiger partial charge in [0.15, 0.2) is 0 Å². The highest BCUT2D eigenvalue weighted by Gasteiger charge is 2.13. The van der Waals surface area contributed by atoms with Crippen LogP contribution in [0.3, 0.4) is 0 Å². The number of alkyl halides is 1. The van der Waals surface area contributed by atoms with Gasteiger partial charge in [-0.05, 0) is 23.7 Å². The van der Waals surface area contributed by atoms with Crippen LogP contribution in [0.15, 0.2) is 18.3 Å². The van der Waals surface area contributed by atoms with Crippen molar-refractivity contribution in [2.75, 3.05) is 6.61 Å². The van der Waals surface area contributed by atoms with Crippen LogP contribution in [-0.2, 0) is 16.8 Å². The van der Waals surface area contributed by atoms with E-state index < -0.39 is 8.07 Å². The normalized spacial score (nSPS) is 12.2. The number of hydrogen-bond donors (Lipinski definition) is 0. The summed E-state index contributed by atoms with van der Waals surface area (Å²) in [4.78, 5) is 4.48. The largest absolute Gasteiger partial charge is 0.361 e. The number of nitrogens with zero attached hydrogens (tertiary/aromatic N) is 2. The highest BCUT2D eigenvalue weighted by Crippen LogP contribution is 2.23. The van der Waals surface area contributed by atoms with Crippen molar-refractivity contribution in [2.24, 2.45) is 0 Å². The van der Waals surface area contributed by atoms with Crippen molar-refractivity contribution in [1.29, 1.82) is 0 Å². The molecule has 0 spiro atoms. The van der Waals surface area contributed by atoms with Gasteiger partial charge in [-0.1, -0.05) is 47.2 Å². The summed E-state index contributed by atoms with van der Waals surface area (Å²) >= 11 is 9.71. The summed E-state index contributed by atoms with van der Waals surface area (Å²) in [7, 11) is -1.05. The average molecular weight is 376 g/mol. The number of rotatable bonds is 6. The Morgan fingerprint density at radius 1 is 1.35 bits per heavy atom. The Balaban J connectivity index is 2.08. The van der Waals surface area contributed by atoms with Gasteiger partial charge in [0.05, 0.1) is 0 Å². The van der Waals surface area contributed by atoms with Gasteiger partial charge >= 0.3 is 0 Å². The second-order valence-corrected chi connectivity index (χ2v) is 12.7. The first-order valence-corrected chi connectivity index (χ1v) is 11.9. The van der Waals surface area contributed by atoms with Crippen LogP contribution >= 0.6 is 27.5 Å². The van der Waals surface area contributed by atoms with Gasteiger partial charge in [-0.25, -0.2) is 4.98 Å². The molecule has 2 aromatic rings. The molecular weight excluding hydrogens is 356 g/mol. The summed E-state index contributed by atoms with van der Waals surface area (Å²) in [5.74, 6) is 0. The fourth-order valence-electron chi connectivity index (χ4n) is 1.89. The van der Waals surface area contributed by atoms with Crippen molar-refractivity contribution >= 4 is 46.6 Å². The van der Waals surface area contributed by atoms with Gasteiger partial charge in [0.1, 0.15) is 17.5 Å². The van der Waals surface area contributed by atoms with Gasteiger partial charge in [-0.2, -0.15) is 0 Å². The minimum atomic E-state index is -1.05. The van der Waals surface area contributed by atoms with Gasteiger partial charge in [0, 0.05) is 31.6 Å². The Kier molecular flexibility index (Phi) is 5.29. The highest BCUT2D eigenvalue weighted by molar-refractivity contribution is 9.08. The molecule has 0 saturated carbocycles. The van der Waals surface area contributed by atoms with E-state index in [1.165, 1.54) is 0 Å². The van der Waals surface area contributed by atoms with Crippen LogP contribution in [0, 0.1) is 0 Å². The zero-order valence-corrected chi connectivity index (χ0v) is 15.5. The molecule has 0 bridgehead atoms. The summed E-state index contributed by atoms with van der Waals surface area (Å²) in [6.07, 6.45) is 1.87. The Bertz CT molecular complexity index is 595. The molecular formula is C14H20BrClN2OSi. The van der Waals surface area contributed by atoms with Gasteiger partial charge in [-0.15, -0.1) is 0 Å². The number of pyridine rings is 1. The van der Waals surface area contributed by atoms with E-state index in [-0.39, 0.29) is 0 Å². The third kappa shape index (κ3) is 4.07. The highest BCUT2D eigenvalue weighted by atomic mass is 79.9. The molecule has 0 aliphatic carbocycles. The van der Waals surface area contributed by atoms with E-state index in [1.807, 2.05) is 16.8 Å². The van der Waals surface area contributed by atoms with Crippen molar-refractivity contribution in [3.8, 4) is 0 Å². The van der Waals surface area contributed by atoms with E-state index in [1.54, 1.807) is 0 Å².